The third-order valence-electron chi connectivity index (χ3n) is 3.57. The minimum atomic E-state index is -2.99. The summed E-state index contributed by atoms with van der Waals surface area (Å²) < 4.78 is 28.2. The van der Waals surface area contributed by atoms with Crippen LogP contribution < -0.4 is 5.32 Å². The number of nitrogens with zero attached hydrogens (tertiary/aromatic N) is 2. The lowest BCUT2D eigenvalue weighted by Gasteiger charge is -2.14. The highest BCUT2D eigenvalue weighted by atomic mass is 32.2. The van der Waals surface area contributed by atoms with Crippen LogP contribution in [0.2, 0.25) is 0 Å². The second-order valence-electron chi connectivity index (χ2n) is 5.55. The fraction of sp³-hybridized carbons (Fsp3) is 0.750. The van der Waals surface area contributed by atoms with E-state index < -0.39 is 15.1 Å². The van der Waals surface area contributed by atoms with Crippen molar-refractivity contribution in [2.45, 2.75) is 48.6 Å². The Labute approximate surface area is 127 Å². The number of nitrogens with one attached hydrogen (secondary N) is 1. The van der Waals surface area contributed by atoms with Crippen molar-refractivity contribution in [3.05, 3.63) is 5.89 Å². The van der Waals surface area contributed by atoms with Crippen LogP contribution in [-0.2, 0) is 14.6 Å². The van der Waals surface area contributed by atoms with Gasteiger partial charge >= 0.3 is 0 Å². The molecule has 2 fully saturated rings. The van der Waals surface area contributed by atoms with Crippen LogP contribution in [0.15, 0.2) is 9.64 Å². The van der Waals surface area contributed by atoms with Gasteiger partial charge in [0.2, 0.25) is 11.8 Å². The molecule has 1 aliphatic heterocycles. The van der Waals surface area contributed by atoms with E-state index in [0.29, 0.717) is 23.5 Å². The van der Waals surface area contributed by atoms with Gasteiger partial charge in [-0.2, -0.15) is 0 Å². The molecule has 2 heterocycles. The molecule has 2 aliphatic rings. The van der Waals surface area contributed by atoms with Gasteiger partial charge in [-0.15, -0.1) is 10.2 Å². The third-order valence-corrected chi connectivity index (χ3v) is 6.28. The molecule has 0 radical (unpaired) electrons. The molecule has 0 bridgehead atoms. The van der Waals surface area contributed by atoms with E-state index in [-0.39, 0.29) is 23.5 Å². The van der Waals surface area contributed by atoms with E-state index in [1.165, 1.54) is 11.8 Å². The summed E-state index contributed by atoms with van der Waals surface area (Å²) in [5, 5.41) is 10.6. The molecule has 1 aromatic rings. The fourth-order valence-electron chi connectivity index (χ4n) is 2.20. The molecule has 1 N–H and O–H groups in total. The number of thioether (sulfide) groups is 1. The van der Waals surface area contributed by atoms with Crippen molar-refractivity contribution >= 4 is 27.5 Å². The van der Waals surface area contributed by atoms with Gasteiger partial charge in [0.05, 0.1) is 16.8 Å². The molecule has 7 nitrogen and oxygen atoms in total. The first-order valence-corrected chi connectivity index (χ1v) is 9.64. The van der Waals surface area contributed by atoms with Gasteiger partial charge in [-0.1, -0.05) is 11.8 Å². The minimum absolute atomic E-state index is 0.0303. The molecular weight excluding hydrogens is 314 g/mol. The van der Waals surface area contributed by atoms with Crippen LogP contribution in [-0.4, -0.2) is 47.3 Å². The Balaban J connectivity index is 1.52. The predicted molar refractivity (Wildman–Crippen MR) is 76.8 cm³/mol. The summed E-state index contributed by atoms with van der Waals surface area (Å²) in [6, 6.07) is -0.282. The van der Waals surface area contributed by atoms with Crippen LogP contribution in [0.4, 0.5) is 0 Å². The number of hydrogen-bond donors (Lipinski definition) is 1. The Morgan fingerprint density at radius 2 is 2.14 bits per heavy atom. The molecule has 1 saturated heterocycles. The summed E-state index contributed by atoms with van der Waals surface area (Å²) in [6.45, 7) is 1.74. The maximum absolute atomic E-state index is 12.1. The lowest BCUT2D eigenvalue weighted by molar-refractivity contribution is -0.120. The van der Waals surface area contributed by atoms with Gasteiger partial charge in [-0.25, -0.2) is 8.42 Å². The molecule has 1 aromatic heterocycles. The normalized spacial score (nSPS) is 25.7. The lowest BCUT2D eigenvalue weighted by atomic mass is 10.2. The van der Waals surface area contributed by atoms with Crippen molar-refractivity contribution in [3.8, 4) is 0 Å². The Kier molecular flexibility index (Phi) is 3.96. The zero-order chi connectivity index (χ0) is 15.0. The summed E-state index contributed by atoms with van der Waals surface area (Å²) in [5.74, 6) is 1.01. The molecule has 3 rings (SSSR count). The van der Waals surface area contributed by atoms with Gasteiger partial charge in [0, 0.05) is 12.0 Å². The predicted octanol–water partition coefficient (Wildman–Crippen LogP) is 0.731. The molecule has 116 valence electrons. The van der Waals surface area contributed by atoms with Crippen LogP contribution in [0.25, 0.3) is 0 Å². The van der Waals surface area contributed by atoms with Crippen LogP contribution in [0.1, 0.15) is 38.0 Å². The first-order valence-electron chi connectivity index (χ1n) is 6.94. The smallest absolute Gasteiger partial charge is 0.277 e. The summed E-state index contributed by atoms with van der Waals surface area (Å²) in [6.07, 6.45) is 2.65. The van der Waals surface area contributed by atoms with Gasteiger partial charge in [-0.3, -0.25) is 4.79 Å². The molecule has 0 spiro atoms. The van der Waals surface area contributed by atoms with E-state index in [4.69, 9.17) is 4.42 Å². The average Bonchev–Trinajstić information content (AvgIpc) is 3.07. The largest absolute Gasteiger partial charge is 0.416 e. The standard InChI is InChI=1S/C12H17N3O4S2/c1-7(10(16)13-9-4-5-21(17,18)6-9)20-12-15-14-11(19-12)8-2-3-8/h7-9H,2-6H2,1H3,(H,13,16). The molecule has 1 amide bonds. The van der Waals surface area contributed by atoms with Crippen molar-refractivity contribution in [3.63, 3.8) is 0 Å². The Bertz CT molecular complexity index is 639. The van der Waals surface area contributed by atoms with Crippen LogP contribution in [0.5, 0.6) is 0 Å². The van der Waals surface area contributed by atoms with Crippen molar-refractivity contribution < 1.29 is 17.6 Å². The number of carbonyl (C=O) groups is 1. The highest BCUT2D eigenvalue weighted by molar-refractivity contribution is 8.00. The zero-order valence-electron chi connectivity index (χ0n) is 11.6. The number of carbonyl (C=O) groups excluding carboxylic acids is 1. The highest BCUT2D eigenvalue weighted by Gasteiger charge is 2.32. The van der Waals surface area contributed by atoms with E-state index in [1.807, 2.05) is 0 Å². The third kappa shape index (κ3) is 3.76. The summed E-state index contributed by atoms with van der Waals surface area (Å²) in [5.41, 5.74) is 0. The van der Waals surface area contributed by atoms with E-state index in [9.17, 15) is 13.2 Å². The molecule has 2 unspecified atom stereocenters. The van der Waals surface area contributed by atoms with Crippen LogP contribution >= 0.6 is 11.8 Å². The summed E-state index contributed by atoms with van der Waals surface area (Å²) in [4.78, 5) is 12.1. The summed E-state index contributed by atoms with van der Waals surface area (Å²) >= 11 is 1.20. The maximum Gasteiger partial charge on any atom is 0.277 e. The maximum atomic E-state index is 12.1. The second kappa shape index (κ2) is 5.60. The van der Waals surface area contributed by atoms with Gasteiger partial charge in [0.1, 0.15) is 0 Å². The SMILES string of the molecule is CC(Sc1nnc(C2CC2)o1)C(=O)NC1CCS(=O)(=O)C1. The quantitative estimate of drug-likeness (QED) is 0.793. The van der Waals surface area contributed by atoms with Crippen LogP contribution in [0, 0.1) is 0 Å². The average molecular weight is 331 g/mol. The number of amides is 1. The molecule has 2 atom stereocenters. The zero-order valence-corrected chi connectivity index (χ0v) is 13.2. The minimum Gasteiger partial charge on any atom is -0.416 e. The lowest BCUT2D eigenvalue weighted by Crippen LogP contribution is -2.39. The van der Waals surface area contributed by atoms with Crippen molar-refractivity contribution in [2.24, 2.45) is 0 Å². The Hall–Kier alpha value is -1.09. The molecular formula is C12H17N3O4S2. The van der Waals surface area contributed by atoms with E-state index in [1.54, 1.807) is 6.92 Å². The number of sulfone groups is 1. The highest BCUT2D eigenvalue weighted by Crippen LogP contribution is 2.40. The van der Waals surface area contributed by atoms with E-state index in [2.05, 4.69) is 15.5 Å². The molecule has 0 aromatic carbocycles. The molecule has 9 heteroatoms. The Morgan fingerprint density at radius 3 is 2.76 bits per heavy atom. The number of rotatable bonds is 5. The van der Waals surface area contributed by atoms with Crippen LogP contribution in [0.3, 0.4) is 0 Å². The second-order valence-corrected chi connectivity index (χ2v) is 9.07. The van der Waals surface area contributed by atoms with Crippen molar-refractivity contribution in [2.75, 3.05) is 11.5 Å². The Morgan fingerprint density at radius 1 is 1.38 bits per heavy atom. The number of hydrogen-bond acceptors (Lipinski definition) is 7. The molecule has 21 heavy (non-hydrogen) atoms. The fourth-order valence-corrected chi connectivity index (χ4v) is 4.57. The van der Waals surface area contributed by atoms with Gasteiger partial charge in [-0.05, 0) is 26.2 Å². The first kappa shape index (κ1) is 14.8. The van der Waals surface area contributed by atoms with E-state index >= 15 is 0 Å². The molecule has 1 aliphatic carbocycles. The van der Waals surface area contributed by atoms with Crippen molar-refractivity contribution in [1.82, 2.24) is 15.5 Å². The monoisotopic (exact) mass is 331 g/mol. The van der Waals surface area contributed by atoms with Gasteiger partial charge in [0.25, 0.3) is 5.22 Å². The van der Waals surface area contributed by atoms with Gasteiger partial charge in [0.15, 0.2) is 9.84 Å². The van der Waals surface area contributed by atoms with E-state index in [0.717, 1.165) is 12.8 Å². The topological polar surface area (TPSA) is 102 Å². The summed E-state index contributed by atoms with van der Waals surface area (Å²) in [7, 11) is -2.99. The first-order chi connectivity index (χ1) is 9.93. The van der Waals surface area contributed by atoms with Gasteiger partial charge < -0.3 is 9.73 Å². The van der Waals surface area contributed by atoms with Crippen molar-refractivity contribution in [1.29, 1.82) is 0 Å². The number of aromatic nitrogens is 2. The molecule has 1 saturated carbocycles.